The van der Waals surface area contributed by atoms with E-state index >= 15 is 0 Å². The Morgan fingerprint density at radius 3 is 1.60 bits per heavy atom. The van der Waals surface area contributed by atoms with Gasteiger partial charge < -0.3 is 15.4 Å². The molecule has 0 aromatic rings. The minimum atomic E-state index is 0. The van der Waals surface area contributed by atoms with Gasteiger partial charge in [0.05, 0.1) is 0 Å². The molecule has 0 spiro atoms. The second kappa shape index (κ2) is 38.7. The van der Waals surface area contributed by atoms with Gasteiger partial charge in [-0.15, -0.1) is 0 Å². The van der Waals surface area contributed by atoms with Crippen LogP contribution in [0.25, 0.3) is 0 Å². The van der Waals surface area contributed by atoms with E-state index in [0.717, 1.165) is 0 Å². The Hall–Kier alpha value is -0.0635. The molecule has 35 valence electrons. The van der Waals surface area contributed by atoms with Crippen molar-refractivity contribution in [3.8, 4) is 0 Å². The second-order valence-corrected chi connectivity index (χ2v) is 0.0913. The summed E-state index contributed by atoms with van der Waals surface area (Å²) in [5.41, 5.74) is 0. The average molecular weight is 122 g/mol. The third kappa shape index (κ3) is 3660. The molecule has 5 heavy (non-hydrogen) atoms. The summed E-state index contributed by atoms with van der Waals surface area (Å²) in [5, 5.41) is 6.76. The molecule has 1 radical (unpaired) electrons. The first kappa shape index (κ1) is 20.4. The van der Waals surface area contributed by atoms with E-state index in [4.69, 9.17) is 9.90 Å². The predicted molar refractivity (Wildman–Crippen MR) is 11.9 cm³/mol. The van der Waals surface area contributed by atoms with Gasteiger partial charge in [-0.05, 0) is 0 Å². The molecule has 0 aromatic heterocycles. The van der Waals surface area contributed by atoms with E-state index in [0.29, 0.717) is 6.47 Å². The van der Waals surface area contributed by atoms with Crippen LogP contribution in [-0.4, -0.2) is 17.1 Å². The summed E-state index contributed by atoms with van der Waals surface area (Å²) >= 11 is 0. The van der Waals surface area contributed by atoms with Crippen molar-refractivity contribution in [2.24, 2.45) is 0 Å². The molecular weight excluding hydrogens is 119 g/mol. The van der Waals surface area contributed by atoms with E-state index in [1.807, 2.05) is 0 Å². The number of hydrogen-bond donors (Lipinski definition) is 1. The molecule has 0 unspecified atom stereocenters. The molecule has 0 atom stereocenters. The standard InChI is InChI=1S/CHO2.Co.H2O/c2-1-3;;/h(H,2,3);;1H2/q-1;;. The third-order valence-electron chi connectivity index (χ3n) is 0. The van der Waals surface area contributed by atoms with Crippen LogP contribution in [-0.2, 0) is 21.6 Å². The normalized spacial score (nSPS) is 2.40. The molecule has 0 saturated carbocycles. The summed E-state index contributed by atoms with van der Waals surface area (Å²) < 4.78 is 0. The zero-order valence-electron chi connectivity index (χ0n) is 2.19. The molecule has 3 N–H and O–H groups in total. The summed E-state index contributed by atoms with van der Waals surface area (Å²) in [4.78, 5) is 8.24. The molecule has 0 amide bonds. The Kier molecular flexibility index (Phi) is 158. The van der Waals surface area contributed by atoms with Crippen molar-refractivity contribution in [3.63, 3.8) is 0 Å². The molecule has 0 aliphatic heterocycles. The Morgan fingerprint density at radius 1 is 1.60 bits per heavy atom. The summed E-state index contributed by atoms with van der Waals surface area (Å²) in [6.45, 7) is 0.500. The fourth-order valence-electron chi connectivity index (χ4n) is 0. The topological polar surface area (TPSA) is 68.8 Å². The van der Waals surface area contributed by atoms with Crippen LogP contribution in [0.2, 0.25) is 0 Å². The largest absolute Gasteiger partial charge is 0.665 e. The molecule has 0 bridgehead atoms. The first-order valence-electron chi connectivity index (χ1n) is 0.428. The van der Waals surface area contributed by atoms with Crippen molar-refractivity contribution in [1.82, 2.24) is 0 Å². The fraction of sp³-hybridized carbons (Fsp3) is 0. The van der Waals surface area contributed by atoms with E-state index in [9.17, 15) is 0 Å². The van der Waals surface area contributed by atoms with Crippen LogP contribution in [0.5, 0.6) is 0 Å². The van der Waals surface area contributed by atoms with Gasteiger partial charge in [0.15, 0.2) is 0 Å². The molecule has 4 heteroatoms. The van der Waals surface area contributed by atoms with Gasteiger partial charge in [-0.2, -0.15) is 0 Å². The van der Waals surface area contributed by atoms with Crippen LogP contribution >= 0.6 is 0 Å². The fourth-order valence-corrected chi connectivity index (χ4v) is 0. The Bertz CT molecular complexity index is 14.4. The van der Waals surface area contributed by atoms with Gasteiger partial charge in [0.2, 0.25) is 0 Å². The third-order valence-corrected chi connectivity index (χ3v) is 0. The van der Waals surface area contributed by atoms with Crippen LogP contribution in [0.1, 0.15) is 0 Å². The minimum Gasteiger partial charge on any atom is -0.665 e. The quantitative estimate of drug-likeness (QED) is 0.409. The maximum absolute atomic E-state index is 8.24. The zero-order chi connectivity index (χ0) is 2.71. The van der Waals surface area contributed by atoms with Crippen LogP contribution in [0.4, 0.5) is 0 Å². The summed E-state index contributed by atoms with van der Waals surface area (Å²) in [7, 11) is 0. The maximum Gasteiger partial charge on any atom is 0 e. The van der Waals surface area contributed by atoms with Crippen molar-refractivity contribution in [2.75, 3.05) is 0 Å². The van der Waals surface area contributed by atoms with E-state index in [-0.39, 0.29) is 22.3 Å². The van der Waals surface area contributed by atoms with Gasteiger partial charge in [-0.25, -0.2) is 0 Å². The number of rotatable bonds is 0. The first-order chi connectivity index (χ1) is 1.41. The smallest absolute Gasteiger partial charge is 0 e. The van der Waals surface area contributed by atoms with E-state index < -0.39 is 0 Å². The van der Waals surface area contributed by atoms with Crippen LogP contribution in [0.15, 0.2) is 0 Å². The van der Waals surface area contributed by atoms with Crippen LogP contribution in [0, 0.1) is 0 Å². The van der Waals surface area contributed by atoms with E-state index in [2.05, 4.69) is 0 Å². The zero-order valence-corrected chi connectivity index (χ0v) is 3.23. The van der Waals surface area contributed by atoms with Gasteiger partial charge >= 0.3 is 0 Å². The maximum atomic E-state index is 8.24. The molecule has 3 nitrogen and oxygen atoms in total. The molecule has 0 rings (SSSR count). The summed E-state index contributed by atoms with van der Waals surface area (Å²) in [6.07, 6.45) is 0. The molecule has 0 aliphatic carbocycles. The predicted octanol–water partition coefficient (Wildman–Crippen LogP) is -1.22. The van der Waals surface area contributed by atoms with Crippen LogP contribution < -0.4 is 0 Å². The molecule has 0 heterocycles. The summed E-state index contributed by atoms with van der Waals surface area (Å²) in [5.74, 6) is 0. The minimum absolute atomic E-state index is 0. The SMILES string of the molecule is O.O=[C-]O.[Co]. The molecular formula is CH3CoO3-. The van der Waals surface area contributed by atoms with Crippen molar-refractivity contribution in [2.45, 2.75) is 0 Å². The van der Waals surface area contributed by atoms with Crippen molar-refractivity contribution in [3.05, 3.63) is 0 Å². The van der Waals surface area contributed by atoms with E-state index in [1.54, 1.807) is 0 Å². The van der Waals surface area contributed by atoms with Crippen molar-refractivity contribution < 1.29 is 32.2 Å². The first-order valence-corrected chi connectivity index (χ1v) is 0.428. The van der Waals surface area contributed by atoms with Crippen molar-refractivity contribution in [1.29, 1.82) is 0 Å². The van der Waals surface area contributed by atoms with Gasteiger partial charge in [-0.1, -0.05) is 6.47 Å². The Balaban J connectivity index is -0.0000000200. The molecule has 0 fully saturated rings. The number of aliphatic hydroxyl groups excluding tert-OH is 1. The monoisotopic (exact) mass is 122 g/mol. The molecule has 0 aromatic carbocycles. The molecule has 0 saturated heterocycles. The van der Waals surface area contributed by atoms with Crippen molar-refractivity contribution >= 4 is 6.47 Å². The summed E-state index contributed by atoms with van der Waals surface area (Å²) in [6, 6.07) is 0. The van der Waals surface area contributed by atoms with Gasteiger partial charge in [-0.3, -0.25) is 0 Å². The van der Waals surface area contributed by atoms with E-state index in [1.165, 1.54) is 0 Å². The van der Waals surface area contributed by atoms with Gasteiger partial charge in [0.25, 0.3) is 0 Å². The van der Waals surface area contributed by atoms with Crippen LogP contribution in [0.3, 0.4) is 0 Å². The average Bonchev–Trinajstić information content (AvgIpc) is 0.918. The van der Waals surface area contributed by atoms with Gasteiger partial charge in [0, 0.05) is 16.8 Å². The number of hydrogen-bond acceptors (Lipinski definition) is 1. The molecule has 0 aliphatic rings. The second-order valence-electron chi connectivity index (χ2n) is 0.0913. The van der Waals surface area contributed by atoms with Gasteiger partial charge in [0.1, 0.15) is 0 Å². The Morgan fingerprint density at radius 2 is 1.60 bits per heavy atom. The Labute approximate surface area is 39.5 Å².